The molecule has 0 spiro atoms. The second-order valence-electron chi connectivity index (χ2n) is 5.56. The van der Waals surface area contributed by atoms with Crippen LogP contribution in [0.15, 0.2) is 24.3 Å². The van der Waals surface area contributed by atoms with Crippen LogP contribution in [0.1, 0.15) is 44.6 Å². The van der Waals surface area contributed by atoms with Crippen molar-refractivity contribution in [3.63, 3.8) is 0 Å². The Morgan fingerprint density at radius 3 is 2.65 bits per heavy atom. The summed E-state index contributed by atoms with van der Waals surface area (Å²) in [7, 11) is 0. The average Bonchev–Trinajstić information content (AvgIpc) is 2.45. The molecule has 2 unspecified atom stereocenters. The molecule has 2 atom stereocenters. The lowest BCUT2D eigenvalue weighted by Crippen LogP contribution is -2.30. The van der Waals surface area contributed by atoms with Crippen molar-refractivity contribution in [3.05, 3.63) is 34.9 Å². The van der Waals surface area contributed by atoms with E-state index < -0.39 is 5.60 Å². The highest BCUT2D eigenvalue weighted by Gasteiger charge is 2.29. The summed E-state index contributed by atoms with van der Waals surface area (Å²) < 4.78 is 0. The summed E-state index contributed by atoms with van der Waals surface area (Å²) in [5.41, 5.74) is 0.685. The zero-order valence-electron chi connectivity index (χ0n) is 10.5. The van der Waals surface area contributed by atoms with Crippen molar-refractivity contribution in [2.24, 2.45) is 5.92 Å². The summed E-state index contributed by atoms with van der Waals surface area (Å²) in [6.07, 6.45) is 6.16. The zero-order valence-corrected chi connectivity index (χ0v) is 11.2. The fourth-order valence-electron chi connectivity index (χ4n) is 2.72. The predicted molar refractivity (Wildman–Crippen MR) is 72.4 cm³/mol. The highest BCUT2D eigenvalue weighted by molar-refractivity contribution is 6.30. The molecule has 94 valence electrons. The van der Waals surface area contributed by atoms with Crippen LogP contribution in [0.4, 0.5) is 0 Å². The molecule has 1 aliphatic carbocycles. The van der Waals surface area contributed by atoms with Gasteiger partial charge in [0.25, 0.3) is 0 Å². The van der Waals surface area contributed by atoms with Gasteiger partial charge in [0.05, 0.1) is 5.60 Å². The van der Waals surface area contributed by atoms with Gasteiger partial charge in [-0.1, -0.05) is 43.5 Å². The van der Waals surface area contributed by atoms with Crippen molar-refractivity contribution >= 4 is 11.6 Å². The lowest BCUT2D eigenvalue weighted by atomic mass is 9.87. The second kappa shape index (κ2) is 5.41. The normalized spacial score (nSPS) is 29.9. The van der Waals surface area contributed by atoms with E-state index in [2.05, 4.69) is 6.92 Å². The van der Waals surface area contributed by atoms with E-state index in [1.54, 1.807) is 0 Å². The monoisotopic (exact) mass is 252 g/mol. The fourth-order valence-corrected chi connectivity index (χ4v) is 2.85. The van der Waals surface area contributed by atoms with Crippen LogP contribution in [0.5, 0.6) is 0 Å². The van der Waals surface area contributed by atoms with Crippen LogP contribution in [0, 0.1) is 5.92 Å². The quantitative estimate of drug-likeness (QED) is 0.782. The molecule has 0 heterocycles. The summed E-state index contributed by atoms with van der Waals surface area (Å²) in [6.45, 7) is 2.29. The van der Waals surface area contributed by atoms with Gasteiger partial charge in [-0.05, 0) is 42.9 Å². The molecular weight excluding hydrogens is 232 g/mol. The van der Waals surface area contributed by atoms with Crippen molar-refractivity contribution in [1.82, 2.24) is 0 Å². The van der Waals surface area contributed by atoms with Gasteiger partial charge < -0.3 is 5.11 Å². The molecule has 1 aromatic carbocycles. The molecule has 1 nitrogen and oxygen atoms in total. The van der Waals surface area contributed by atoms with Crippen molar-refractivity contribution in [2.75, 3.05) is 0 Å². The maximum absolute atomic E-state index is 10.7. The zero-order chi connectivity index (χ0) is 12.3. The minimum Gasteiger partial charge on any atom is -0.390 e. The molecule has 1 aliphatic rings. The molecule has 1 aromatic rings. The van der Waals surface area contributed by atoms with Crippen LogP contribution < -0.4 is 0 Å². The first-order valence-corrected chi connectivity index (χ1v) is 6.92. The number of rotatable bonds is 2. The summed E-state index contributed by atoms with van der Waals surface area (Å²) >= 11 is 5.87. The first-order valence-electron chi connectivity index (χ1n) is 6.54. The Morgan fingerprint density at radius 2 is 1.94 bits per heavy atom. The van der Waals surface area contributed by atoms with Crippen LogP contribution in [-0.2, 0) is 6.42 Å². The third-order valence-electron chi connectivity index (χ3n) is 3.89. The van der Waals surface area contributed by atoms with Gasteiger partial charge in [-0.15, -0.1) is 0 Å². The highest BCUT2D eigenvalue weighted by Crippen LogP contribution is 2.32. The van der Waals surface area contributed by atoms with Crippen molar-refractivity contribution in [1.29, 1.82) is 0 Å². The van der Waals surface area contributed by atoms with Crippen LogP contribution in [0.25, 0.3) is 0 Å². The van der Waals surface area contributed by atoms with Gasteiger partial charge in [0.2, 0.25) is 0 Å². The van der Waals surface area contributed by atoms with E-state index in [1.165, 1.54) is 12.0 Å². The molecule has 1 saturated carbocycles. The Bertz CT molecular complexity index is 360. The van der Waals surface area contributed by atoms with Gasteiger partial charge in [-0.2, -0.15) is 0 Å². The number of hydrogen-bond acceptors (Lipinski definition) is 1. The summed E-state index contributed by atoms with van der Waals surface area (Å²) in [6, 6.07) is 7.85. The molecule has 0 amide bonds. The Balaban J connectivity index is 2.03. The Labute approximate surface area is 109 Å². The van der Waals surface area contributed by atoms with Gasteiger partial charge in [-0.25, -0.2) is 0 Å². The molecular formula is C15H21ClO. The molecule has 1 N–H and O–H groups in total. The predicted octanol–water partition coefficient (Wildman–Crippen LogP) is 4.21. The van der Waals surface area contributed by atoms with Crippen LogP contribution in [-0.4, -0.2) is 10.7 Å². The van der Waals surface area contributed by atoms with Crippen molar-refractivity contribution in [2.45, 2.75) is 51.0 Å². The molecule has 1 fully saturated rings. The SMILES string of the molecule is CC1CCCC(O)(Cc2ccc(Cl)cc2)CC1. The molecule has 0 aromatic heterocycles. The Morgan fingerprint density at radius 1 is 1.24 bits per heavy atom. The Kier molecular flexibility index (Phi) is 4.11. The third kappa shape index (κ3) is 3.72. The molecule has 0 aliphatic heterocycles. The summed E-state index contributed by atoms with van der Waals surface area (Å²) in [4.78, 5) is 0. The van der Waals surface area contributed by atoms with Gasteiger partial charge >= 0.3 is 0 Å². The van der Waals surface area contributed by atoms with E-state index >= 15 is 0 Å². The van der Waals surface area contributed by atoms with E-state index in [-0.39, 0.29) is 0 Å². The highest BCUT2D eigenvalue weighted by atomic mass is 35.5. The smallest absolute Gasteiger partial charge is 0.0688 e. The molecule has 0 bridgehead atoms. The van der Waals surface area contributed by atoms with Crippen LogP contribution in [0.3, 0.4) is 0 Å². The molecule has 2 heteroatoms. The van der Waals surface area contributed by atoms with E-state index in [0.717, 1.165) is 43.0 Å². The van der Waals surface area contributed by atoms with E-state index in [1.807, 2.05) is 24.3 Å². The van der Waals surface area contributed by atoms with Crippen LogP contribution >= 0.6 is 11.6 Å². The van der Waals surface area contributed by atoms with Gasteiger partial charge in [0, 0.05) is 11.4 Å². The van der Waals surface area contributed by atoms with Crippen LogP contribution in [0.2, 0.25) is 5.02 Å². The average molecular weight is 253 g/mol. The molecule has 0 radical (unpaired) electrons. The van der Waals surface area contributed by atoms with Gasteiger partial charge in [0.15, 0.2) is 0 Å². The van der Waals surface area contributed by atoms with Crippen molar-refractivity contribution in [3.8, 4) is 0 Å². The van der Waals surface area contributed by atoms with E-state index in [0.29, 0.717) is 0 Å². The van der Waals surface area contributed by atoms with Gasteiger partial charge in [-0.3, -0.25) is 0 Å². The standard InChI is InChI=1S/C15H21ClO/c1-12-3-2-9-15(17,10-8-12)11-13-4-6-14(16)7-5-13/h4-7,12,17H,2-3,8-11H2,1H3. The number of hydrogen-bond donors (Lipinski definition) is 1. The lowest BCUT2D eigenvalue weighted by Gasteiger charge is -2.26. The van der Waals surface area contributed by atoms with Crippen molar-refractivity contribution < 1.29 is 5.11 Å². The topological polar surface area (TPSA) is 20.2 Å². The molecule has 0 saturated heterocycles. The number of benzene rings is 1. The fraction of sp³-hybridized carbons (Fsp3) is 0.600. The second-order valence-corrected chi connectivity index (χ2v) is 6.00. The molecule has 2 rings (SSSR count). The number of aliphatic hydroxyl groups is 1. The first kappa shape index (κ1) is 12.9. The summed E-state index contributed by atoms with van der Waals surface area (Å²) in [5.74, 6) is 0.759. The maximum atomic E-state index is 10.7. The maximum Gasteiger partial charge on any atom is 0.0688 e. The first-order chi connectivity index (χ1) is 8.07. The number of halogens is 1. The third-order valence-corrected chi connectivity index (χ3v) is 4.14. The largest absolute Gasteiger partial charge is 0.390 e. The molecule has 17 heavy (non-hydrogen) atoms. The Hall–Kier alpha value is -0.530. The van der Waals surface area contributed by atoms with Gasteiger partial charge in [0.1, 0.15) is 0 Å². The minimum atomic E-state index is -0.501. The lowest BCUT2D eigenvalue weighted by molar-refractivity contribution is 0.0244. The summed E-state index contributed by atoms with van der Waals surface area (Å²) in [5, 5.41) is 11.4. The minimum absolute atomic E-state index is 0.501. The van der Waals surface area contributed by atoms with E-state index in [9.17, 15) is 5.11 Å². The van der Waals surface area contributed by atoms with E-state index in [4.69, 9.17) is 11.6 Å².